The number of fused-ring (bicyclic) bond motifs is 1. The Labute approximate surface area is 153 Å². The lowest BCUT2D eigenvalue weighted by atomic mass is 9.99. The zero-order chi connectivity index (χ0) is 18.7. The van der Waals surface area contributed by atoms with E-state index >= 15 is 0 Å². The van der Waals surface area contributed by atoms with Crippen molar-refractivity contribution >= 4 is 22.7 Å². The summed E-state index contributed by atoms with van der Waals surface area (Å²) in [7, 11) is 0. The monoisotopic (exact) mass is 349 g/mol. The molecule has 1 saturated heterocycles. The summed E-state index contributed by atoms with van der Waals surface area (Å²) in [5, 5.41) is 3.53. The molecule has 2 heterocycles. The van der Waals surface area contributed by atoms with Crippen LogP contribution in [0.25, 0.3) is 10.9 Å². The minimum atomic E-state index is -0.275. The highest BCUT2D eigenvalue weighted by molar-refractivity contribution is 6.07. The first-order valence-electron chi connectivity index (χ1n) is 8.93. The van der Waals surface area contributed by atoms with E-state index in [0.717, 1.165) is 29.3 Å². The topological polar surface area (TPSA) is 62.3 Å². The molecule has 26 heavy (non-hydrogen) atoms. The van der Waals surface area contributed by atoms with Crippen LogP contribution >= 0.6 is 0 Å². The van der Waals surface area contributed by atoms with E-state index in [9.17, 15) is 9.59 Å². The van der Waals surface area contributed by atoms with Crippen LogP contribution in [0.5, 0.6) is 0 Å². The van der Waals surface area contributed by atoms with Crippen LogP contribution in [0, 0.1) is 12.3 Å². The first kappa shape index (κ1) is 17.9. The third-order valence-electron chi connectivity index (χ3n) is 4.84. The predicted molar refractivity (Wildman–Crippen MR) is 102 cm³/mol. The van der Waals surface area contributed by atoms with Gasteiger partial charge >= 0.3 is 0 Å². The normalized spacial score (nSPS) is 16.7. The zero-order valence-corrected chi connectivity index (χ0v) is 15.2. The maximum absolute atomic E-state index is 12.7. The molecule has 0 bridgehead atoms. The number of aromatic nitrogens is 1. The van der Waals surface area contributed by atoms with Crippen molar-refractivity contribution in [2.45, 2.75) is 38.6 Å². The van der Waals surface area contributed by atoms with Crippen LogP contribution < -0.4 is 5.32 Å². The molecule has 0 radical (unpaired) electrons. The molecule has 1 aliphatic heterocycles. The van der Waals surface area contributed by atoms with Gasteiger partial charge in [0, 0.05) is 18.1 Å². The van der Waals surface area contributed by atoms with Crippen molar-refractivity contribution in [2.75, 3.05) is 13.1 Å². The third-order valence-corrected chi connectivity index (χ3v) is 4.84. The van der Waals surface area contributed by atoms with Gasteiger partial charge in [-0.05, 0) is 42.5 Å². The molecule has 0 aliphatic carbocycles. The van der Waals surface area contributed by atoms with E-state index in [1.54, 1.807) is 17.2 Å². The number of terminal acetylenes is 1. The Hall–Kier alpha value is -2.87. The number of carbonyl (C=O) groups is 2. The van der Waals surface area contributed by atoms with Gasteiger partial charge in [0.2, 0.25) is 5.91 Å². The van der Waals surface area contributed by atoms with Gasteiger partial charge in [0.25, 0.3) is 5.91 Å². The summed E-state index contributed by atoms with van der Waals surface area (Å²) in [6.07, 6.45) is 8.81. The van der Waals surface area contributed by atoms with Crippen LogP contribution in [0.1, 0.15) is 48.5 Å². The number of benzene rings is 1. The number of hydrogen-bond acceptors (Lipinski definition) is 3. The fourth-order valence-corrected chi connectivity index (χ4v) is 3.31. The molecule has 134 valence electrons. The van der Waals surface area contributed by atoms with Crippen molar-refractivity contribution in [2.24, 2.45) is 0 Å². The molecule has 1 aromatic heterocycles. The van der Waals surface area contributed by atoms with E-state index < -0.39 is 0 Å². The second-order valence-corrected chi connectivity index (χ2v) is 6.88. The number of nitrogens with zero attached hydrogens (tertiary/aromatic N) is 2. The molecular weight excluding hydrogens is 326 g/mol. The van der Waals surface area contributed by atoms with Crippen molar-refractivity contribution in [3.05, 3.63) is 41.6 Å². The average Bonchev–Trinajstić information content (AvgIpc) is 3.13. The van der Waals surface area contributed by atoms with E-state index in [4.69, 9.17) is 6.42 Å². The van der Waals surface area contributed by atoms with E-state index in [1.165, 1.54) is 0 Å². The highest BCUT2D eigenvalue weighted by Gasteiger charge is 2.27. The lowest BCUT2D eigenvalue weighted by Crippen LogP contribution is -2.42. The Balaban J connectivity index is 1.76. The first-order chi connectivity index (χ1) is 12.5. The molecule has 1 N–H and O–H groups in total. The van der Waals surface area contributed by atoms with Crippen LogP contribution in [0.2, 0.25) is 0 Å². The van der Waals surface area contributed by atoms with Gasteiger partial charge in [0.15, 0.2) is 0 Å². The fourth-order valence-electron chi connectivity index (χ4n) is 3.31. The summed E-state index contributed by atoms with van der Waals surface area (Å²) in [4.78, 5) is 31.0. The maximum atomic E-state index is 12.7. The summed E-state index contributed by atoms with van der Waals surface area (Å²) in [5.41, 5.74) is 2.44. The van der Waals surface area contributed by atoms with Gasteiger partial charge < -0.3 is 10.2 Å². The van der Waals surface area contributed by atoms with Crippen molar-refractivity contribution in [1.82, 2.24) is 15.2 Å². The molecule has 0 spiro atoms. The van der Waals surface area contributed by atoms with Crippen LogP contribution in [0.3, 0.4) is 0 Å². The molecule has 1 fully saturated rings. The average molecular weight is 349 g/mol. The Morgan fingerprint density at radius 3 is 2.92 bits per heavy atom. The molecule has 2 aromatic rings. The largest absolute Gasteiger partial charge is 0.343 e. The molecule has 5 nitrogen and oxygen atoms in total. The summed E-state index contributed by atoms with van der Waals surface area (Å²) in [5.74, 6) is 2.58. The highest BCUT2D eigenvalue weighted by atomic mass is 16.2. The number of hydrogen-bond donors (Lipinski definition) is 1. The minimum Gasteiger partial charge on any atom is -0.343 e. The second-order valence-electron chi connectivity index (χ2n) is 6.88. The van der Waals surface area contributed by atoms with Gasteiger partial charge in [-0.15, -0.1) is 6.42 Å². The minimum absolute atomic E-state index is 0.0509. The van der Waals surface area contributed by atoms with Crippen LogP contribution in [0.15, 0.2) is 30.5 Å². The van der Waals surface area contributed by atoms with E-state index in [0.29, 0.717) is 18.0 Å². The number of pyridine rings is 1. The lowest BCUT2D eigenvalue weighted by Gasteiger charge is -2.20. The standard InChI is InChI=1S/C21H23N3O2/c1-4-16-6-5-11-24(16)20(25)13-23-21(26)17-9-10-22-19-8-7-15(14(2)3)12-18(17)19/h1,7-10,12,14,16H,5-6,11,13H2,2-3H3,(H,23,26)/t16-/m1/s1. The van der Waals surface area contributed by atoms with E-state index in [-0.39, 0.29) is 24.4 Å². The van der Waals surface area contributed by atoms with Crippen molar-refractivity contribution < 1.29 is 9.59 Å². The second kappa shape index (κ2) is 7.57. The summed E-state index contributed by atoms with van der Waals surface area (Å²) >= 11 is 0. The third kappa shape index (κ3) is 3.55. The Bertz CT molecular complexity index is 882. The van der Waals surface area contributed by atoms with Crippen molar-refractivity contribution in [3.63, 3.8) is 0 Å². The molecule has 0 saturated carbocycles. The van der Waals surface area contributed by atoms with Crippen LogP contribution in [-0.2, 0) is 4.79 Å². The van der Waals surface area contributed by atoms with Crippen LogP contribution in [-0.4, -0.2) is 40.8 Å². The van der Waals surface area contributed by atoms with Gasteiger partial charge in [-0.25, -0.2) is 0 Å². The molecule has 1 aliphatic rings. The maximum Gasteiger partial charge on any atom is 0.252 e. The molecule has 5 heteroatoms. The van der Waals surface area contributed by atoms with E-state index in [1.807, 2.05) is 18.2 Å². The Morgan fingerprint density at radius 2 is 2.19 bits per heavy atom. The predicted octanol–water partition coefficient (Wildman–Crippen LogP) is 2.71. The molecule has 1 atom stereocenters. The zero-order valence-electron chi connectivity index (χ0n) is 15.2. The van der Waals surface area contributed by atoms with Crippen LogP contribution in [0.4, 0.5) is 0 Å². The van der Waals surface area contributed by atoms with Gasteiger partial charge in [-0.2, -0.15) is 0 Å². The summed E-state index contributed by atoms with van der Waals surface area (Å²) in [6.45, 7) is 4.81. The number of likely N-dealkylation sites (tertiary alicyclic amines) is 1. The lowest BCUT2D eigenvalue weighted by molar-refractivity contribution is -0.130. The number of rotatable bonds is 4. The van der Waals surface area contributed by atoms with Gasteiger partial charge in [-0.1, -0.05) is 25.8 Å². The molecular formula is C21H23N3O2. The number of carbonyl (C=O) groups excluding carboxylic acids is 2. The Morgan fingerprint density at radius 1 is 1.38 bits per heavy atom. The number of amides is 2. The number of nitrogens with one attached hydrogen (secondary N) is 1. The smallest absolute Gasteiger partial charge is 0.252 e. The van der Waals surface area contributed by atoms with Crippen molar-refractivity contribution in [3.8, 4) is 12.3 Å². The Kier molecular flexibility index (Phi) is 5.22. The SMILES string of the molecule is C#C[C@@H]1CCCN1C(=O)CNC(=O)c1ccnc2ccc(C(C)C)cc12. The van der Waals surface area contributed by atoms with Gasteiger partial charge in [-0.3, -0.25) is 14.6 Å². The summed E-state index contributed by atoms with van der Waals surface area (Å²) in [6, 6.07) is 7.48. The molecule has 0 unspecified atom stereocenters. The van der Waals surface area contributed by atoms with Crippen molar-refractivity contribution in [1.29, 1.82) is 0 Å². The molecule has 1 aromatic carbocycles. The van der Waals surface area contributed by atoms with Gasteiger partial charge in [0.1, 0.15) is 0 Å². The van der Waals surface area contributed by atoms with Gasteiger partial charge in [0.05, 0.1) is 23.7 Å². The molecule has 3 rings (SSSR count). The molecule has 2 amide bonds. The quantitative estimate of drug-likeness (QED) is 0.864. The van der Waals surface area contributed by atoms with E-state index in [2.05, 4.69) is 30.1 Å². The first-order valence-corrected chi connectivity index (χ1v) is 8.93. The fraction of sp³-hybridized carbons (Fsp3) is 0.381. The highest BCUT2D eigenvalue weighted by Crippen LogP contribution is 2.23. The summed E-state index contributed by atoms with van der Waals surface area (Å²) < 4.78 is 0.